The van der Waals surface area contributed by atoms with Gasteiger partial charge in [-0.05, 0) is 29.8 Å². The molecule has 0 unspecified atom stereocenters. The predicted octanol–water partition coefficient (Wildman–Crippen LogP) is 5.25. The zero-order chi connectivity index (χ0) is 15.5. The van der Waals surface area contributed by atoms with Crippen molar-refractivity contribution in [2.24, 2.45) is 0 Å². The third-order valence-electron chi connectivity index (χ3n) is 2.78. The summed E-state index contributed by atoms with van der Waals surface area (Å²) in [4.78, 5) is 12.0. The van der Waals surface area contributed by atoms with Crippen LogP contribution in [0.1, 0.15) is 21.5 Å². The highest BCUT2D eigenvalue weighted by atomic mass is 35.5. The van der Waals surface area contributed by atoms with Gasteiger partial charge in [-0.1, -0.05) is 48.0 Å². The number of carbonyl (C=O) groups is 1. The van der Waals surface area contributed by atoms with Crippen molar-refractivity contribution in [3.8, 4) is 0 Å². The van der Waals surface area contributed by atoms with Gasteiger partial charge in [0.25, 0.3) is 0 Å². The van der Waals surface area contributed by atoms with Crippen LogP contribution in [-0.2, 0) is 6.18 Å². The van der Waals surface area contributed by atoms with Gasteiger partial charge in [0.05, 0.1) is 5.56 Å². The van der Waals surface area contributed by atoms with Crippen LogP contribution in [0.15, 0.2) is 54.6 Å². The van der Waals surface area contributed by atoms with E-state index in [9.17, 15) is 18.0 Å². The number of halogens is 4. The fourth-order valence-electron chi connectivity index (χ4n) is 1.79. The monoisotopic (exact) mass is 310 g/mol. The summed E-state index contributed by atoms with van der Waals surface area (Å²) in [6.45, 7) is 0. The Balaban J connectivity index is 2.34. The Morgan fingerprint density at radius 2 is 1.71 bits per heavy atom. The van der Waals surface area contributed by atoms with Crippen molar-refractivity contribution >= 4 is 23.5 Å². The molecule has 0 bridgehead atoms. The lowest BCUT2D eigenvalue weighted by Crippen LogP contribution is -2.12. The van der Waals surface area contributed by atoms with Crippen molar-refractivity contribution in [2.75, 3.05) is 0 Å². The first-order chi connectivity index (χ1) is 9.88. The number of hydrogen-bond donors (Lipinski definition) is 0. The third kappa shape index (κ3) is 3.95. The van der Waals surface area contributed by atoms with Crippen LogP contribution in [0.4, 0.5) is 13.2 Å². The van der Waals surface area contributed by atoms with Gasteiger partial charge in [0.2, 0.25) is 0 Å². The number of allylic oxidation sites excluding steroid dienone is 1. The normalized spacial score (nSPS) is 11.8. The van der Waals surface area contributed by atoms with E-state index in [1.54, 1.807) is 30.3 Å². The molecule has 2 aromatic carbocycles. The highest BCUT2D eigenvalue weighted by Crippen LogP contribution is 2.34. The summed E-state index contributed by atoms with van der Waals surface area (Å²) in [7, 11) is 0. The van der Waals surface area contributed by atoms with Gasteiger partial charge in [0.1, 0.15) is 0 Å². The summed E-state index contributed by atoms with van der Waals surface area (Å²) in [5.74, 6) is -0.720. The molecule has 0 saturated carbocycles. The van der Waals surface area contributed by atoms with Gasteiger partial charge in [0.15, 0.2) is 5.78 Å². The fourth-order valence-corrected chi connectivity index (χ4v) is 1.96. The van der Waals surface area contributed by atoms with Crippen molar-refractivity contribution in [1.29, 1.82) is 0 Å². The van der Waals surface area contributed by atoms with E-state index in [0.717, 1.165) is 23.8 Å². The maximum atomic E-state index is 12.9. The number of benzene rings is 2. The minimum atomic E-state index is -4.63. The van der Waals surface area contributed by atoms with Gasteiger partial charge in [-0.15, -0.1) is 0 Å². The summed E-state index contributed by atoms with van der Waals surface area (Å²) < 4.78 is 38.8. The van der Waals surface area contributed by atoms with Crippen LogP contribution in [0.2, 0.25) is 5.02 Å². The molecule has 0 saturated heterocycles. The molecule has 2 rings (SSSR count). The second-order valence-electron chi connectivity index (χ2n) is 4.30. The molecule has 0 fully saturated rings. The van der Waals surface area contributed by atoms with E-state index in [-0.39, 0.29) is 5.02 Å². The standard InChI is InChI=1S/C16H10ClF3O/c17-12-7-8-13(14(10-12)16(18,19)20)15(21)9-6-11-4-2-1-3-5-11/h1-10H/b9-6+. The minimum Gasteiger partial charge on any atom is -0.289 e. The average Bonchev–Trinajstić information content (AvgIpc) is 2.45. The highest BCUT2D eigenvalue weighted by molar-refractivity contribution is 6.30. The molecule has 1 nitrogen and oxygen atoms in total. The lowest BCUT2D eigenvalue weighted by Gasteiger charge is -2.11. The van der Waals surface area contributed by atoms with E-state index in [1.807, 2.05) is 0 Å². The highest BCUT2D eigenvalue weighted by Gasteiger charge is 2.34. The second-order valence-corrected chi connectivity index (χ2v) is 4.73. The number of rotatable bonds is 3. The molecule has 108 valence electrons. The molecule has 0 atom stereocenters. The first-order valence-corrected chi connectivity index (χ1v) is 6.40. The number of ketones is 1. The summed E-state index contributed by atoms with van der Waals surface area (Å²) in [5, 5.41) is -0.0640. The van der Waals surface area contributed by atoms with Crippen LogP contribution in [0.5, 0.6) is 0 Å². The molecular weight excluding hydrogens is 301 g/mol. The van der Waals surface area contributed by atoms with Gasteiger partial charge in [-0.3, -0.25) is 4.79 Å². The Kier molecular flexibility index (Phi) is 4.48. The van der Waals surface area contributed by atoms with Crippen LogP contribution in [0.25, 0.3) is 6.08 Å². The van der Waals surface area contributed by atoms with Crippen molar-refractivity contribution in [3.05, 3.63) is 76.3 Å². The molecule has 0 amide bonds. The first kappa shape index (κ1) is 15.3. The molecule has 0 aliphatic heterocycles. The Labute approximate surface area is 124 Å². The Morgan fingerprint density at radius 1 is 1.05 bits per heavy atom. The smallest absolute Gasteiger partial charge is 0.289 e. The summed E-state index contributed by atoms with van der Waals surface area (Å²) in [5.41, 5.74) is -0.717. The van der Waals surface area contributed by atoms with Crippen molar-refractivity contribution in [2.45, 2.75) is 6.18 Å². The molecule has 5 heteroatoms. The van der Waals surface area contributed by atoms with E-state index in [4.69, 9.17) is 11.6 Å². The Morgan fingerprint density at radius 3 is 2.33 bits per heavy atom. The fraction of sp³-hybridized carbons (Fsp3) is 0.0625. The molecule has 0 aromatic heterocycles. The van der Waals surface area contributed by atoms with E-state index < -0.39 is 23.1 Å². The van der Waals surface area contributed by atoms with Crippen LogP contribution < -0.4 is 0 Å². The molecule has 0 radical (unpaired) electrons. The maximum absolute atomic E-state index is 12.9. The molecule has 2 aromatic rings. The molecular formula is C16H10ClF3O. The zero-order valence-corrected chi connectivity index (χ0v) is 11.4. The topological polar surface area (TPSA) is 17.1 Å². The van der Waals surface area contributed by atoms with Crippen molar-refractivity contribution in [3.63, 3.8) is 0 Å². The van der Waals surface area contributed by atoms with Gasteiger partial charge in [-0.25, -0.2) is 0 Å². The molecule has 0 N–H and O–H groups in total. The lowest BCUT2D eigenvalue weighted by atomic mass is 10.0. The predicted molar refractivity (Wildman–Crippen MR) is 76.3 cm³/mol. The van der Waals surface area contributed by atoms with E-state index in [1.165, 1.54) is 12.1 Å². The second kappa shape index (κ2) is 6.14. The van der Waals surface area contributed by atoms with Gasteiger partial charge in [-0.2, -0.15) is 13.2 Å². The van der Waals surface area contributed by atoms with E-state index in [2.05, 4.69) is 0 Å². The number of hydrogen-bond acceptors (Lipinski definition) is 1. The maximum Gasteiger partial charge on any atom is 0.417 e. The number of alkyl halides is 3. The Hall–Kier alpha value is -2.07. The van der Waals surface area contributed by atoms with E-state index in [0.29, 0.717) is 0 Å². The van der Waals surface area contributed by atoms with Crippen LogP contribution in [0.3, 0.4) is 0 Å². The quantitative estimate of drug-likeness (QED) is 0.558. The Bertz CT molecular complexity index is 676. The largest absolute Gasteiger partial charge is 0.417 e. The van der Waals surface area contributed by atoms with Crippen LogP contribution >= 0.6 is 11.6 Å². The molecule has 0 aliphatic rings. The summed E-state index contributed by atoms with van der Waals surface area (Å²) in [6, 6.07) is 11.9. The summed E-state index contributed by atoms with van der Waals surface area (Å²) in [6.07, 6.45) is -2.04. The van der Waals surface area contributed by atoms with Gasteiger partial charge >= 0.3 is 6.18 Å². The van der Waals surface area contributed by atoms with Gasteiger partial charge < -0.3 is 0 Å². The molecule has 0 aliphatic carbocycles. The van der Waals surface area contributed by atoms with Crippen molar-refractivity contribution in [1.82, 2.24) is 0 Å². The van der Waals surface area contributed by atoms with Crippen LogP contribution in [0, 0.1) is 0 Å². The minimum absolute atomic E-state index is 0.0640. The van der Waals surface area contributed by atoms with E-state index >= 15 is 0 Å². The lowest BCUT2D eigenvalue weighted by molar-refractivity contribution is -0.137. The molecule has 21 heavy (non-hydrogen) atoms. The average molecular weight is 311 g/mol. The number of carbonyl (C=O) groups excluding carboxylic acids is 1. The zero-order valence-electron chi connectivity index (χ0n) is 10.7. The molecule has 0 heterocycles. The van der Waals surface area contributed by atoms with Crippen LogP contribution in [-0.4, -0.2) is 5.78 Å². The third-order valence-corrected chi connectivity index (χ3v) is 3.01. The first-order valence-electron chi connectivity index (χ1n) is 6.02. The molecule has 0 spiro atoms. The van der Waals surface area contributed by atoms with Crippen molar-refractivity contribution < 1.29 is 18.0 Å². The summed E-state index contributed by atoms with van der Waals surface area (Å²) >= 11 is 5.57. The van der Waals surface area contributed by atoms with Gasteiger partial charge in [0, 0.05) is 10.6 Å². The SMILES string of the molecule is O=C(/C=C/c1ccccc1)c1ccc(Cl)cc1C(F)(F)F.